The summed E-state index contributed by atoms with van der Waals surface area (Å²) in [5.74, 6) is 0.963. The lowest BCUT2D eigenvalue weighted by atomic mass is 10.1. The van der Waals surface area contributed by atoms with Gasteiger partial charge in [0.2, 0.25) is 0 Å². The minimum absolute atomic E-state index is 0.0748. The van der Waals surface area contributed by atoms with Gasteiger partial charge in [-0.3, -0.25) is 9.20 Å². The zero-order chi connectivity index (χ0) is 21.5. The SMILES string of the molecule is CCc1nc2ccc(C(=O)NC(C)(C)C)cn2c1N(C)Cc1cc2ccccc2s1. The van der Waals surface area contributed by atoms with Crippen LogP contribution in [0.5, 0.6) is 0 Å². The molecule has 1 aromatic carbocycles. The number of carbonyl (C=O) groups is 1. The first-order valence-electron chi connectivity index (χ1n) is 10.3. The first-order valence-corrected chi connectivity index (χ1v) is 11.1. The minimum atomic E-state index is -0.281. The number of benzene rings is 1. The van der Waals surface area contributed by atoms with Crippen molar-refractivity contribution in [2.45, 2.75) is 46.2 Å². The summed E-state index contributed by atoms with van der Waals surface area (Å²) < 4.78 is 3.35. The number of nitrogens with one attached hydrogen (secondary N) is 1. The number of rotatable bonds is 5. The molecule has 0 aliphatic rings. The number of aryl methyl sites for hydroxylation is 1. The van der Waals surface area contributed by atoms with E-state index < -0.39 is 0 Å². The van der Waals surface area contributed by atoms with Crippen molar-refractivity contribution in [2.24, 2.45) is 0 Å². The summed E-state index contributed by atoms with van der Waals surface area (Å²) >= 11 is 1.82. The van der Waals surface area contributed by atoms with E-state index in [2.05, 4.69) is 54.5 Å². The van der Waals surface area contributed by atoms with Crippen LogP contribution in [0.2, 0.25) is 0 Å². The summed E-state index contributed by atoms with van der Waals surface area (Å²) in [7, 11) is 2.09. The molecule has 0 bridgehead atoms. The molecular formula is C24H28N4OS. The largest absolute Gasteiger partial charge is 0.354 e. The van der Waals surface area contributed by atoms with Gasteiger partial charge in [0, 0.05) is 28.4 Å². The molecule has 0 radical (unpaired) electrons. The fourth-order valence-electron chi connectivity index (χ4n) is 3.69. The Bertz CT molecular complexity index is 1180. The van der Waals surface area contributed by atoms with E-state index in [-0.39, 0.29) is 11.4 Å². The summed E-state index contributed by atoms with van der Waals surface area (Å²) in [6, 6.07) is 14.5. The Labute approximate surface area is 181 Å². The molecule has 0 unspecified atom stereocenters. The van der Waals surface area contributed by atoms with E-state index in [1.807, 2.05) is 54.8 Å². The molecule has 0 atom stereocenters. The standard InChI is InChI=1S/C24H28N4OS/c1-6-19-23(27(5)15-18-13-16-9-7-8-10-20(16)30-18)28-14-17(11-12-21(28)25-19)22(29)26-24(2,3)4/h7-14H,6,15H2,1-5H3,(H,26,29). The highest BCUT2D eigenvalue weighted by Gasteiger charge is 2.19. The maximum atomic E-state index is 12.7. The Morgan fingerprint density at radius 1 is 1.20 bits per heavy atom. The van der Waals surface area contributed by atoms with Crippen LogP contribution in [0.4, 0.5) is 5.82 Å². The third-order valence-corrected chi connectivity index (χ3v) is 6.08. The minimum Gasteiger partial charge on any atom is -0.354 e. The molecule has 0 aliphatic carbocycles. The second kappa shape index (κ2) is 7.76. The van der Waals surface area contributed by atoms with Crippen LogP contribution in [-0.4, -0.2) is 27.9 Å². The smallest absolute Gasteiger partial charge is 0.253 e. The summed E-state index contributed by atoms with van der Waals surface area (Å²) in [6.45, 7) is 8.87. The molecule has 3 aromatic heterocycles. The zero-order valence-corrected chi connectivity index (χ0v) is 19.0. The molecular weight excluding hydrogens is 392 g/mol. The highest BCUT2D eigenvalue weighted by Crippen LogP contribution is 2.29. The average molecular weight is 421 g/mol. The number of nitrogens with zero attached hydrogens (tertiary/aromatic N) is 3. The van der Waals surface area contributed by atoms with Crippen LogP contribution in [0.15, 0.2) is 48.7 Å². The maximum Gasteiger partial charge on any atom is 0.253 e. The van der Waals surface area contributed by atoms with Crippen molar-refractivity contribution in [2.75, 3.05) is 11.9 Å². The predicted octanol–water partition coefficient (Wildman–Crippen LogP) is 5.28. The fourth-order valence-corrected chi connectivity index (χ4v) is 4.81. The Morgan fingerprint density at radius 2 is 1.97 bits per heavy atom. The van der Waals surface area contributed by atoms with Gasteiger partial charge in [-0.05, 0) is 56.8 Å². The highest BCUT2D eigenvalue weighted by atomic mass is 32.1. The molecule has 1 N–H and O–H groups in total. The van der Waals surface area contributed by atoms with Crippen molar-refractivity contribution in [3.05, 3.63) is 64.8 Å². The molecule has 0 aliphatic heterocycles. The van der Waals surface area contributed by atoms with Crippen molar-refractivity contribution in [1.29, 1.82) is 0 Å². The second-order valence-corrected chi connectivity index (χ2v) is 9.86. The van der Waals surface area contributed by atoms with E-state index >= 15 is 0 Å². The van der Waals surface area contributed by atoms with Gasteiger partial charge in [-0.1, -0.05) is 25.1 Å². The number of fused-ring (bicyclic) bond motifs is 2. The second-order valence-electron chi connectivity index (χ2n) is 8.69. The van der Waals surface area contributed by atoms with Gasteiger partial charge in [-0.25, -0.2) is 4.98 Å². The normalized spacial score (nSPS) is 11.9. The molecule has 5 nitrogen and oxygen atoms in total. The maximum absolute atomic E-state index is 12.7. The molecule has 4 rings (SSSR count). The van der Waals surface area contributed by atoms with Gasteiger partial charge in [0.1, 0.15) is 11.5 Å². The summed E-state index contributed by atoms with van der Waals surface area (Å²) in [5.41, 5.74) is 2.24. The number of hydrogen-bond acceptors (Lipinski definition) is 4. The van der Waals surface area contributed by atoms with E-state index in [0.717, 1.165) is 30.1 Å². The van der Waals surface area contributed by atoms with Crippen LogP contribution in [0, 0.1) is 0 Å². The van der Waals surface area contributed by atoms with E-state index in [0.29, 0.717) is 5.56 Å². The number of pyridine rings is 1. The van der Waals surface area contributed by atoms with Gasteiger partial charge in [0.25, 0.3) is 5.91 Å². The van der Waals surface area contributed by atoms with E-state index in [1.165, 1.54) is 15.0 Å². The molecule has 0 saturated heterocycles. The van der Waals surface area contributed by atoms with Gasteiger partial charge in [-0.2, -0.15) is 0 Å². The molecule has 0 spiro atoms. The van der Waals surface area contributed by atoms with Crippen LogP contribution >= 0.6 is 11.3 Å². The lowest BCUT2D eigenvalue weighted by molar-refractivity contribution is 0.0919. The predicted molar refractivity (Wildman–Crippen MR) is 126 cm³/mol. The monoisotopic (exact) mass is 420 g/mol. The average Bonchev–Trinajstić information content (AvgIpc) is 3.25. The molecule has 0 saturated carbocycles. The fraction of sp³-hybridized carbons (Fsp3) is 0.333. The molecule has 0 fully saturated rings. The number of amides is 1. The Morgan fingerprint density at radius 3 is 2.67 bits per heavy atom. The van der Waals surface area contributed by atoms with Crippen LogP contribution in [0.3, 0.4) is 0 Å². The first-order chi connectivity index (χ1) is 14.2. The van der Waals surface area contributed by atoms with Gasteiger partial charge in [0.15, 0.2) is 0 Å². The number of aromatic nitrogens is 2. The van der Waals surface area contributed by atoms with Crippen LogP contribution < -0.4 is 10.2 Å². The molecule has 30 heavy (non-hydrogen) atoms. The first kappa shape index (κ1) is 20.4. The van der Waals surface area contributed by atoms with Crippen LogP contribution in [-0.2, 0) is 13.0 Å². The quantitative estimate of drug-likeness (QED) is 0.478. The van der Waals surface area contributed by atoms with Gasteiger partial charge in [0.05, 0.1) is 17.8 Å². The van der Waals surface area contributed by atoms with E-state index in [1.54, 1.807) is 0 Å². The number of imidazole rings is 1. The molecule has 4 aromatic rings. The molecule has 156 valence electrons. The molecule has 1 amide bonds. The van der Waals surface area contributed by atoms with Gasteiger partial charge in [-0.15, -0.1) is 11.3 Å². The number of thiophene rings is 1. The zero-order valence-electron chi connectivity index (χ0n) is 18.2. The number of hydrogen-bond donors (Lipinski definition) is 1. The van der Waals surface area contributed by atoms with E-state index in [9.17, 15) is 4.79 Å². The summed E-state index contributed by atoms with van der Waals surface area (Å²) in [5, 5.41) is 4.32. The van der Waals surface area contributed by atoms with Crippen LogP contribution in [0.25, 0.3) is 15.7 Å². The lowest BCUT2D eigenvalue weighted by Gasteiger charge is -2.21. The Balaban J connectivity index is 1.70. The Hall–Kier alpha value is -2.86. The van der Waals surface area contributed by atoms with Gasteiger partial charge >= 0.3 is 0 Å². The summed E-state index contributed by atoms with van der Waals surface area (Å²) in [6.07, 6.45) is 2.73. The third kappa shape index (κ3) is 4.05. The lowest BCUT2D eigenvalue weighted by Crippen LogP contribution is -2.40. The van der Waals surface area contributed by atoms with E-state index in [4.69, 9.17) is 4.98 Å². The Kier molecular flexibility index (Phi) is 5.28. The van der Waals surface area contributed by atoms with Gasteiger partial charge < -0.3 is 10.2 Å². The number of carbonyl (C=O) groups excluding carboxylic acids is 1. The van der Waals surface area contributed by atoms with Crippen molar-refractivity contribution >= 4 is 38.8 Å². The third-order valence-electron chi connectivity index (χ3n) is 4.98. The van der Waals surface area contributed by atoms with Crippen molar-refractivity contribution in [1.82, 2.24) is 14.7 Å². The van der Waals surface area contributed by atoms with Crippen molar-refractivity contribution in [3.8, 4) is 0 Å². The molecule has 3 heterocycles. The summed E-state index contributed by atoms with van der Waals surface area (Å²) in [4.78, 5) is 21.0. The topological polar surface area (TPSA) is 49.6 Å². The van der Waals surface area contributed by atoms with Crippen molar-refractivity contribution < 1.29 is 4.79 Å². The highest BCUT2D eigenvalue weighted by molar-refractivity contribution is 7.19. The molecule has 6 heteroatoms. The van der Waals surface area contributed by atoms with Crippen molar-refractivity contribution in [3.63, 3.8) is 0 Å². The van der Waals surface area contributed by atoms with Crippen LogP contribution in [0.1, 0.15) is 48.6 Å². The number of anilines is 1.